The quantitative estimate of drug-likeness (QED) is 0.361. The summed E-state index contributed by atoms with van der Waals surface area (Å²) in [6, 6.07) is 8.81. The van der Waals surface area contributed by atoms with E-state index in [-0.39, 0.29) is 5.82 Å². The van der Waals surface area contributed by atoms with Crippen LogP contribution in [0.2, 0.25) is 0 Å². The lowest BCUT2D eigenvalue weighted by molar-refractivity contribution is 0.302. The predicted molar refractivity (Wildman–Crippen MR) is 118 cm³/mol. The van der Waals surface area contributed by atoms with Gasteiger partial charge in [0.25, 0.3) is 0 Å². The Morgan fingerprint density at radius 1 is 0.767 bits per heavy atom. The average molecular weight is 417 g/mol. The van der Waals surface area contributed by atoms with E-state index in [1.54, 1.807) is 25.1 Å². The Hall–Kier alpha value is -1.77. The summed E-state index contributed by atoms with van der Waals surface area (Å²) in [5, 5.41) is 0. The minimum Gasteiger partial charge on any atom is -0.207 e. The Morgan fingerprint density at radius 2 is 1.40 bits per heavy atom. The van der Waals surface area contributed by atoms with Gasteiger partial charge in [-0.2, -0.15) is 0 Å². The molecular weight excluding hydrogens is 381 g/mol. The molecule has 2 aromatic carbocycles. The van der Waals surface area contributed by atoms with Crippen LogP contribution in [-0.4, -0.2) is 0 Å². The molecule has 164 valence electrons. The fourth-order valence-electron chi connectivity index (χ4n) is 4.85. The van der Waals surface area contributed by atoms with Gasteiger partial charge in [-0.1, -0.05) is 63.8 Å². The van der Waals surface area contributed by atoms with Crippen molar-refractivity contribution in [2.45, 2.75) is 90.4 Å². The molecule has 0 heterocycles. The molecule has 0 N–H and O–H groups in total. The van der Waals surface area contributed by atoms with Gasteiger partial charge in [0, 0.05) is 0 Å². The molecule has 2 aromatic rings. The molecule has 3 rings (SSSR count). The molecule has 1 fully saturated rings. The van der Waals surface area contributed by atoms with E-state index in [9.17, 15) is 13.2 Å². The predicted octanol–water partition coefficient (Wildman–Crippen LogP) is 8.31. The molecule has 0 aliphatic heterocycles. The fourth-order valence-corrected chi connectivity index (χ4v) is 4.85. The monoisotopic (exact) mass is 416 g/mol. The van der Waals surface area contributed by atoms with Crippen LogP contribution in [0.1, 0.15) is 93.4 Å². The first-order valence-electron chi connectivity index (χ1n) is 11.8. The smallest absolute Gasteiger partial charge is 0.162 e. The van der Waals surface area contributed by atoms with Crippen LogP contribution in [0.3, 0.4) is 0 Å². The summed E-state index contributed by atoms with van der Waals surface area (Å²) in [7, 11) is 0. The van der Waals surface area contributed by atoms with E-state index in [2.05, 4.69) is 6.92 Å². The molecule has 30 heavy (non-hydrogen) atoms. The van der Waals surface area contributed by atoms with E-state index in [0.29, 0.717) is 41.9 Å². The van der Waals surface area contributed by atoms with Crippen LogP contribution in [0, 0.1) is 23.4 Å². The van der Waals surface area contributed by atoms with E-state index < -0.39 is 11.6 Å². The van der Waals surface area contributed by atoms with Crippen molar-refractivity contribution in [1.82, 2.24) is 0 Å². The lowest BCUT2D eigenvalue weighted by Gasteiger charge is -2.29. The van der Waals surface area contributed by atoms with Crippen LogP contribution in [0.4, 0.5) is 13.2 Å². The van der Waals surface area contributed by atoms with Crippen LogP contribution in [0.15, 0.2) is 30.3 Å². The van der Waals surface area contributed by atoms with Crippen molar-refractivity contribution in [2.75, 3.05) is 0 Å². The van der Waals surface area contributed by atoms with E-state index in [0.717, 1.165) is 24.3 Å². The van der Waals surface area contributed by atoms with Gasteiger partial charge < -0.3 is 0 Å². The van der Waals surface area contributed by atoms with Gasteiger partial charge >= 0.3 is 0 Å². The molecule has 0 nitrogen and oxygen atoms in total. The van der Waals surface area contributed by atoms with Gasteiger partial charge in [0.2, 0.25) is 0 Å². The number of hydrogen-bond donors (Lipinski definition) is 0. The van der Waals surface area contributed by atoms with Crippen molar-refractivity contribution in [2.24, 2.45) is 5.92 Å². The van der Waals surface area contributed by atoms with Gasteiger partial charge in [-0.05, 0) is 85.1 Å². The fraction of sp³-hybridized carbons (Fsp3) is 0.556. The average Bonchev–Trinajstić information content (AvgIpc) is 2.76. The third-order valence-corrected chi connectivity index (χ3v) is 6.90. The molecule has 3 heteroatoms. The molecule has 0 spiro atoms. The van der Waals surface area contributed by atoms with Crippen molar-refractivity contribution < 1.29 is 13.2 Å². The lowest BCUT2D eigenvalue weighted by Crippen LogP contribution is -2.13. The standard InChI is InChI=1S/C27H35F3/c1-3-5-6-7-19-8-10-21(11-9-19)24-17-14-22(25(28)18-24)13-16-23-15-12-20(4-2)26(29)27(23)30/h12,14-15,17-19,21H,3-11,13,16H2,1-2H3. The largest absolute Gasteiger partial charge is 0.207 e. The zero-order valence-corrected chi connectivity index (χ0v) is 18.5. The van der Waals surface area contributed by atoms with E-state index >= 15 is 0 Å². The molecular formula is C27H35F3. The summed E-state index contributed by atoms with van der Waals surface area (Å²) >= 11 is 0. The number of aryl methyl sites for hydroxylation is 3. The summed E-state index contributed by atoms with van der Waals surface area (Å²) in [6.07, 6.45) is 11.2. The minimum atomic E-state index is -0.790. The lowest BCUT2D eigenvalue weighted by atomic mass is 9.77. The summed E-state index contributed by atoms with van der Waals surface area (Å²) < 4.78 is 42.9. The number of halogens is 3. The van der Waals surface area contributed by atoms with Crippen molar-refractivity contribution >= 4 is 0 Å². The third-order valence-electron chi connectivity index (χ3n) is 6.90. The zero-order valence-electron chi connectivity index (χ0n) is 18.5. The molecule has 0 saturated heterocycles. The first kappa shape index (κ1) is 22.9. The van der Waals surface area contributed by atoms with Crippen LogP contribution in [0.5, 0.6) is 0 Å². The molecule has 1 saturated carbocycles. The molecule has 1 aliphatic carbocycles. The van der Waals surface area contributed by atoms with Gasteiger partial charge in [0.1, 0.15) is 5.82 Å². The summed E-state index contributed by atoms with van der Waals surface area (Å²) in [4.78, 5) is 0. The van der Waals surface area contributed by atoms with Gasteiger partial charge in [-0.15, -0.1) is 0 Å². The summed E-state index contributed by atoms with van der Waals surface area (Å²) in [5.41, 5.74) is 2.36. The van der Waals surface area contributed by atoms with E-state index in [1.807, 2.05) is 12.1 Å². The zero-order chi connectivity index (χ0) is 21.5. The minimum absolute atomic E-state index is 0.219. The Morgan fingerprint density at radius 3 is 2.07 bits per heavy atom. The molecule has 0 unspecified atom stereocenters. The second kappa shape index (κ2) is 11.0. The SMILES string of the molecule is CCCCCC1CCC(c2ccc(CCc3ccc(CC)c(F)c3F)c(F)c2)CC1. The number of unbranched alkanes of at least 4 members (excludes halogenated alkanes) is 2. The normalized spacial score (nSPS) is 19.2. The number of benzene rings is 2. The Balaban J connectivity index is 1.57. The molecule has 0 radical (unpaired) electrons. The summed E-state index contributed by atoms with van der Waals surface area (Å²) in [5.74, 6) is -0.489. The van der Waals surface area contributed by atoms with E-state index in [1.165, 1.54) is 38.5 Å². The first-order valence-corrected chi connectivity index (χ1v) is 11.8. The maximum absolute atomic E-state index is 14.7. The molecule has 0 atom stereocenters. The van der Waals surface area contributed by atoms with Crippen LogP contribution >= 0.6 is 0 Å². The third kappa shape index (κ3) is 5.68. The second-order valence-corrected chi connectivity index (χ2v) is 8.93. The van der Waals surface area contributed by atoms with Crippen LogP contribution < -0.4 is 0 Å². The first-order chi connectivity index (χ1) is 14.5. The van der Waals surface area contributed by atoms with Crippen molar-refractivity contribution in [1.29, 1.82) is 0 Å². The van der Waals surface area contributed by atoms with Crippen LogP contribution in [0.25, 0.3) is 0 Å². The highest BCUT2D eigenvalue weighted by molar-refractivity contribution is 5.30. The summed E-state index contributed by atoms with van der Waals surface area (Å²) in [6.45, 7) is 4.04. The Bertz CT molecular complexity index is 819. The topological polar surface area (TPSA) is 0 Å². The Labute approximate surface area is 179 Å². The highest BCUT2D eigenvalue weighted by Gasteiger charge is 2.23. The van der Waals surface area contributed by atoms with E-state index in [4.69, 9.17) is 0 Å². The van der Waals surface area contributed by atoms with Gasteiger partial charge in [-0.3, -0.25) is 0 Å². The molecule has 0 aromatic heterocycles. The van der Waals surface area contributed by atoms with Gasteiger partial charge in [0.05, 0.1) is 0 Å². The maximum Gasteiger partial charge on any atom is 0.162 e. The molecule has 0 amide bonds. The van der Waals surface area contributed by atoms with Crippen molar-refractivity contribution in [3.8, 4) is 0 Å². The Kier molecular flexibility index (Phi) is 8.41. The second-order valence-electron chi connectivity index (χ2n) is 8.93. The number of hydrogen-bond acceptors (Lipinski definition) is 0. The van der Waals surface area contributed by atoms with Crippen molar-refractivity contribution in [3.05, 3.63) is 70.0 Å². The van der Waals surface area contributed by atoms with Crippen molar-refractivity contribution in [3.63, 3.8) is 0 Å². The number of rotatable bonds is 9. The molecule has 1 aliphatic rings. The van der Waals surface area contributed by atoms with Crippen LogP contribution in [-0.2, 0) is 19.3 Å². The van der Waals surface area contributed by atoms with Gasteiger partial charge in [-0.25, -0.2) is 13.2 Å². The highest BCUT2D eigenvalue weighted by atomic mass is 19.2. The maximum atomic E-state index is 14.7. The molecule has 0 bridgehead atoms. The highest BCUT2D eigenvalue weighted by Crippen LogP contribution is 2.38. The van der Waals surface area contributed by atoms with Gasteiger partial charge in [0.15, 0.2) is 11.6 Å².